The molecule has 0 fully saturated rings. The van der Waals surface area contributed by atoms with Crippen molar-refractivity contribution in [1.29, 1.82) is 5.26 Å². The van der Waals surface area contributed by atoms with E-state index >= 15 is 0 Å². The lowest BCUT2D eigenvalue weighted by atomic mass is 10.1. The van der Waals surface area contributed by atoms with Gasteiger partial charge in [0.05, 0.1) is 35.5 Å². The summed E-state index contributed by atoms with van der Waals surface area (Å²) >= 11 is 0. The minimum absolute atomic E-state index is 0.0948. The normalized spacial score (nSPS) is 12.1. The molecule has 2 rings (SSSR count). The van der Waals surface area contributed by atoms with Gasteiger partial charge in [-0.05, 0) is 31.5 Å². The van der Waals surface area contributed by atoms with Crippen LogP contribution in [0.1, 0.15) is 29.8 Å². The van der Waals surface area contributed by atoms with Gasteiger partial charge in [-0.15, -0.1) is 0 Å². The lowest BCUT2D eigenvalue weighted by Crippen LogP contribution is -2.11. The van der Waals surface area contributed by atoms with Crippen molar-refractivity contribution in [3.8, 4) is 11.8 Å². The van der Waals surface area contributed by atoms with E-state index in [1.165, 1.54) is 0 Å². The third-order valence-corrected chi connectivity index (χ3v) is 2.73. The van der Waals surface area contributed by atoms with Crippen LogP contribution in [-0.2, 0) is 0 Å². The van der Waals surface area contributed by atoms with Gasteiger partial charge in [-0.3, -0.25) is 0 Å². The summed E-state index contributed by atoms with van der Waals surface area (Å²) in [5, 5.41) is 8.93. The van der Waals surface area contributed by atoms with Crippen molar-refractivity contribution in [2.75, 3.05) is 0 Å². The summed E-state index contributed by atoms with van der Waals surface area (Å²) in [6, 6.07) is 7.63. The molecule has 0 saturated heterocycles. The number of nitriles is 1. The third kappa shape index (κ3) is 2.05. The van der Waals surface area contributed by atoms with Gasteiger partial charge in [0.2, 0.25) is 0 Å². The maximum atomic E-state index is 8.93. The fourth-order valence-corrected chi connectivity index (χ4v) is 1.78. The van der Waals surface area contributed by atoms with Crippen molar-refractivity contribution in [3.63, 3.8) is 0 Å². The molecule has 1 heterocycles. The Hall–Kier alpha value is -2.12. The smallest absolute Gasteiger partial charge is 0.0994 e. The molecule has 1 aromatic heterocycles. The standard InChI is InChI=1S/C13H14N4/c1-9-3-4-11(6-14)5-12(9)17-8-16-7-13(17)10(2)15/h3-5,7-8,10H,15H2,1-2H3/t10-/m0/s1. The molecule has 4 nitrogen and oxygen atoms in total. The zero-order chi connectivity index (χ0) is 12.4. The number of nitrogens with zero attached hydrogens (tertiary/aromatic N) is 3. The monoisotopic (exact) mass is 226 g/mol. The van der Waals surface area contributed by atoms with E-state index in [4.69, 9.17) is 11.0 Å². The van der Waals surface area contributed by atoms with Crippen LogP contribution in [0, 0.1) is 18.3 Å². The van der Waals surface area contributed by atoms with Crippen LogP contribution in [0.15, 0.2) is 30.7 Å². The van der Waals surface area contributed by atoms with E-state index in [1.807, 2.05) is 30.5 Å². The SMILES string of the molecule is Cc1ccc(C#N)cc1-n1cncc1[C@H](C)N. The molecule has 1 aromatic carbocycles. The molecule has 17 heavy (non-hydrogen) atoms. The van der Waals surface area contributed by atoms with Crippen LogP contribution < -0.4 is 5.73 Å². The Morgan fingerprint density at radius 2 is 2.24 bits per heavy atom. The number of aromatic nitrogens is 2. The first-order valence-corrected chi connectivity index (χ1v) is 5.42. The average Bonchev–Trinajstić information content (AvgIpc) is 2.78. The second kappa shape index (κ2) is 4.40. The minimum Gasteiger partial charge on any atom is -0.323 e. The first-order valence-electron chi connectivity index (χ1n) is 5.42. The van der Waals surface area contributed by atoms with E-state index in [2.05, 4.69) is 11.1 Å². The van der Waals surface area contributed by atoms with Crippen molar-refractivity contribution >= 4 is 0 Å². The quantitative estimate of drug-likeness (QED) is 0.852. The summed E-state index contributed by atoms with van der Waals surface area (Å²) in [5.41, 5.74) is 9.50. The maximum absolute atomic E-state index is 8.93. The number of aryl methyl sites for hydroxylation is 1. The Kier molecular flexibility index (Phi) is 2.94. The molecule has 0 aliphatic rings. The summed E-state index contributed by atoms with van der Waals surface area (Å²) in [7, 11) is 0. The molecule has 0 unspecified atom stereocenters. The van der Waals surface area contributed by atoms with Crippen LogP contribution >= 0.6 is 0 Å². The molecule has 1 atom stereocenters. The van der Waals surface area contributed by atoms with E-state index in [-0.39, 0.29) is 6.04 Å². The highest BCUT2D eigenvalue weighted by Crippen LogP contribution is 2.20. The molecule has 0 aliphatic carbocycles. The van der Waals surface area contributed by atoms with E-state index in [0.29, 0.717) is 5.56 Å². The van der Waals surface area contributed by atoms with Gasteiger partial charge < -0.3 is 10.3 Å². The molecule has 86 valence electrons. The summed E-state index contributed by atoms with van der Waals surface area (Å²) in [6.45, 7) is 3.92. The van der Waals surface area contributed by atoms with E-state index in [0.717, 1.165) is 16.9 Å². The molecule has 0 saturated carbocycles. The van der Waals surface area contributed by atoms with Gasteiger partial charge >= 0.3 is 0 Å². The molecule has 0 spiro atoms. The van der Waals surface area contributed by atoms with Crippen molar-refractivity contribution in [2.24, 2.45) is 5.73 Å². The van der Waals surface area contributed by atoms with Crippen LogP contribution in [0.25, 0.3) is 5.69 Å². The average molecular weight is 226 g/mol. The van der Waals surface area contributed by atoms with Crippen LogP contribution in [-0.4, -0.2) is 9.55 Å². The third-order valence-electron chi connectivity index (χ3n) is 2.73. The first kappa shape index (κ1) is 11.4. The van der Waals surface area contributed by atoms with Gasteiger partial charge in [-0.1, -0.05) is 6.07 Å². The zero-order valence-electron chi connectivity index (χ0n) is 9.88. The predicted octanol–water partition coefficient (Wildman–Crippen LogP) is 2.07. The highest BCUT2D eigenvalue weighted by Gasteiger charge is 2.10. The lowest BCUT2D eigenvalue weighted by molar-refractivity contribution is 0.751. The molecule has 0 aliphatic heterocycles. The number of hydrogen-bond donors (Lipinski definition) is 1. The second-order valence-corrected chi connectivity index (χ2v) is 4.09. The highest BCUT2D eigenvalue weighted by atomic mass is 15.1. The van der Waals surface area contributed by atoms with E-state index < -0.39 is 0 Å². The van der Waals surface area contributed by atoms with Crippen LogP contribution in [0.5, 0.6) is 0 Å². The molecular weight excluding hydrogens is 212 g/mol. The van der Waals surface area contributed by atoms with Crippen molar-refractivity contribution in [2.45, 2.75) is 19.9 Å². The fraction of sp³-hybridized carbons (Fsp3) is 0.231. The Morgan fingerprint density at radius 3 is 2.88 bits per heavy atom. The van der Waals surface area contributed by atoms with Crippen LogP contribution in [0.3, 0.4) is 0 Å². The number of rotatable bonds is 2. The van der Waals surface area contributed by atoms with Crippen molar-refractivity contribution in [1.82, 2.24) is 9.55 Å². The molecule has 4 heteroatoms. The summed E-state index contributed by atoms with van der Waals surface area (Å²) < 4.78 is 1.93. The molecular formula is C13H14N4. The molecule has 0 bridgehead atoms. The van der Waals surface area contributed by atoms with Gasteiger partial charge in [0.15, 0.2) is 0 Å². The van der Waals surface area contributed by atoms with Crippen LogP contribution in [0.2, 0.25) is 0 Å². The molecule has 2 N–H and O–H groups in total. The minimum atomic E-state index is -0.0948. The van der Waals surface area contributed by atoms with Crippen molar-refractivity contribution in [3.05, 3.63) is 47.5 Å². The number of hydrogen-bond acceptors (Lipinski definition) is 3. The van der Waals surface area contributed by atoms with Gasteiger partial charge in [-0.25, -0.2) is 4.98 Å². The first-order chi connectivity index (χ1) is 8.13. The van der Waals surface area contributed by atoms with Gasteiger partial charge in [0.1, 0.15) is 0 Å². The fourth-order valence-electron chi connectivity index (χ4n) is 1.78. The van der Waals surface area contributed by atoms with E-state index in [9.17, 15) is 0 Å². The van der Waals surface area contributed by atoms with Gasteiger partial charge in [0, 0.05) is 6.04 Å². The molecule has 0 radical (unpaired) electrons. The zero-order valence-corrected chi connectivity index (χ0v) is 9.88. The van der Waals surface area contributed by atoms with Crippen molar-refractivity contribution < 1.29 is 0 Å². The summed E-state index contributed by atoms with van der Waals surface area (Å²) in [5.74, 6) is 0. The van der Waals surface area contributed by atoms with Gasteiger partial charge in [-0.2, -0.15) is 5.26 Å². The van der Waals surface area contributed by atoms with Gasteiger partial charge in [0.25, 0.3) is 0 Å². The number of imidazole rings is 1. The Morgan fingerprint density at radius 1 is 1.47 bits per heavy atom. The maximum Gasteiger partial charge on any atom is 0.0994 e. The van der Waals surface area contributed by atoms with Crippen LogP contribution in [0.4, 0.5) is 0 Å². The Balaban J connectivity index is 2.60. The molecule has 2 aromatic rings. The molecule has 0 amide bonds. The Labute approximate surface area is 100 Å². The highest BCUT2D eigenvalue weighted by molar-refractivity contribution is 5.48. The second-order valence-electron chi connectivity index (χ2n) is 4.09. The predicted molar refractivity (Wildman–Crippen MR) is 65.6 cm³/mol. The largest absolute Gasteiger partial charge is 0.323 e. The summed E-state index contributed by atoms with van der Waals surface area (Å²) in [6.07, 6.45) is 3.48. The lowest BCUT2D eigenvalue weighted by Gasteiger charge is -2.13. The number of nitrogens with two attached hydrogens (primary N) is 1. The van der Waals surface area contributed by atoms with E-state index in [1.54, 1.807) is 18.6 Å². The topological polar surface area (TPSA) is 67.6 Å². The summed E-state index contributed by atoms with van der Waals surface area (Å²) in [4.78, 5) is 4.12. The Bertz CT molecular complexity index is 575. The number of benzene rings is 1.